The number of alkyl halides is 2. The molecule has 0 aromatic rings. The van der Waals surface area contributed by atoms with Gasteiger partial charge in [0.1, 0.15) is 17.3 Å². The number of ether oxygens (including phenoxy) is 2. The fourth-order valence-corrected chi connectivity index (χ4v) is 2.70. The minimum absolute atomic E-state index is 0.0875. The summed E-state index contributed by atoms with van der Waals surface area (Å²) in [5, 5.41) is 0. The van der Waals surface area contributed by atoms with E-state index in [1.165, 1.54) is 7.11 Å². The van der Waals surface area contributed by atoms with Crippen LogP contribution in [-0.2, 0) is 14.3 Å². The zero-order valence-electron chi connectivity index (χ0n) is 12.9. The molecule has 0 aromatic heterocycles. The molecule has 1 aliphatic heterocycles. The molecule has 7 heteroatoms. The van der Waals surface area contributed by atoms with Crippen LogP contribution in [0.25, 0.3) is 0 Å². The normalized spacial score (nSPS) is 25.8. The van der Waals surface area contributed by atoms with Crippen LogP contribution in [0.4, 0.5) is 9.18 Å². The summed E-state index contributed by atoms with van der Waals surface area (Å²) in [6.45, 7) is 4.97. The molecule has 1 amide bonds. The number of carbonyl (C=O) groups excluding carboxylic acids is 2. The van der Waals surface area contributed by atoms with Gasteiger partial charge in [0.05, 0.1) is 13.7 Å². The smallest absolute Gasteiger partial charge is 0.411 e. The van der Waals surface area contributed by atoms with Crippen molar-refractivity contribution in [1.29, 1.82) is 0 Å². The molecule has 1 rings (SSSR count). The average Bonchev–Trinajstić information content (AvgIpc) is 2.71. The number of rotatable bonds is 4. The fourth-order valence-electron chi connectivity index (χ4n) is 2.56. The Morgan fingerprint density at radius 2 is 2.05 bits per heavy atom. The molecule has 0 bridgehead atoms. The van der Waals surface area contributed by atoms with Crippen LogP contribution in [0.1, 0.15) is 40.0 Å². The van der Waals surface area contributed by atoms with Crippen molar-refractivity contribution in [3.05, 3.63) is 0 Å². The molecule has 21 heavy (non-hydrogen) atoms. The monoisotopic (exact) mass is 323 g/mol. The maximum absolute atomic E-state index is 13.9. The van der Waals surface area contributed by atoms with Gasteiger partial charge in [0.15, 0.2) is 0 Å². The SMILES string of the molecule is COC(=O)[C@@]1(CCCCl)C[C@H](F)CN1C(=O)OC(C)(C)C. The first-order valence-corrected chi connectivity index (χ1v) is 7.49. The van der Waals surface area contributed by atoms with Crippen molar-refractivity contribution in [3.63, 3.8) is 0 Å². The van der Waals surface area contributed by atoms with Crippen molar-refractivity contribution >= 4 is 23.7 Å². The van der Waals surface area contributed by atoms with Crippen molar-refractivity contribution in [2.75, 3.05) is 19.5 Å². The Morgan fingerprint density at radius 1 is 1.43 bits per heavy atom. The second kappa shape index (κ2) is 6.81. The first-order chi connectivity index (χ1) is 9.66. The molecule has 122 valence electrons. The highest BCUT2D eigenvalue weighted by atomic mass is 35.5. The maximum atomic E-state index is 13.9. The van der Waals surface area contributed by atoms with Crippen LogP contribution in [0.3, 0.4) is 0 Å². The zero-order valence-corrected chi connectivity index (χ0v) is 13.7. The van der Waals surface area contributed by atoms with E-state index < -0.39 is 29.4 Å². The lowest BCUT2D eigenvalue weighted by Gasteiger charge is -2.36. The van der Waals surface area contributed by atoms with Crippen molar-refractivity contribution in [3.8, 4) is 0 Å². The standard InChI is InChI=1S/C14H23ClFNO4/c1-13(2,3)21-12(19)17-9-10(16)8-14(17,6-5-7-15)11(18)20-4/h10H,5-9H2,1-4H3/t10-,14+/m0/s1. The van der Waals surface area contributed by atoms with E-state index in [1.807, 2.05) is 0 Å². The van der Waals surface area contributed by atoms with Gasteiger partial charge in [0.25, 0.3) is 0 Å². The van der Waals surface area contributed by atoms with Crippen LogP contribution >= 0.6 is 11.6 Å². The summed E-state index contributed by atoms with van der Waals surface area (Å²) in [4.78, 5) is 25.6. The Balaban J connectivity index is 3.06. The number of carbonyl (C=O) groups is 2. The number of halogens is 2. The predicted octanol–water partition coefficient (Wildman–Crippen LogP) is 2.90. The van der Waals surface area contributed by atoms with Crippen LogP contribution in [0, 0.1) is 0 Å². The van der Waals surface area contributed by atoms with Crippen LogP contribution in [0.15, 0.2) is 0 Å². The van der Waals surface area contributed by atoms with Crippen LogP contribution in [0.5, 0.6) is 0 Å². The molecular formula is C14H23ClFNO4. The number of methoxy groups -OCH3 is 1. The van der Waals surface area contributed by atoms with Gasteiger partial charge in [0, 0.05) is 12.3 Å². The molecule has 0 N–H and O–H groups in total. The average molecular weight is 324 g/mol. The highest BCUT2D eigenvalue weighted by Crippen LogP contribution is 2.37. The summed E-state index contributed by atoms with van der Waals surface area (Å²) in [7, 11) is 1.23. The lowest BCUT2D eigenvalue weighted by atomic mass is 9.90. The molecule has 1 heterocycles. The van der Waals surface area contributed by atoms with E-state index in [1.54, 1.807) is 20.8 Å². The largest absolute Gasteiger partial charge is 0.467 e. The summed E-state index contributed by atoms with van der Waals surface area (Å²) in [5.74, 6) is -0.309. The predicted molar refractivity (Wildman–Crippen MR) is 77.2 cm³/mol. The van der Waals surface area contributed by atoms with E-state index in [0.717, 1.165) is 4.90 Å². The Bertz CT molecular complexity index is 399. The Labute approximate surface area is 129 Å². The van der Waals surface area contributed by atoms with Gasteiger partial charge in [-0.2, -0.15) is 0 Å². The van der Waals surface area contributed by atoms with Crippen molar-refractivity contribution in [2.24, 2.45) is 0 Å². The maximum Gasteiger partial charge on any atom is 0.411 e. The number of nitrogens with zero attached hydrogens (tertiary/aromatic N) is 1. The van der Waals surface area contributed by atoms with Gasteiger partial charge < -0.3 is 9.47 Å². The highest BCUT2D eigenvalue weighted by Gasteiger charge is 2.55. The van der Waals surface area contributed by atoms with Gasteiger partial charge in [-0.15, -0.1) is 11.6 Å². The third-order valence-corrected chi connectivity index (χ3v) is 3.63. The lowest BCUT2D eigenvalue weighted by Crippen LogP contribution is -2.54. The number of amides is 1. The van der Waals surface area contributed by atoms with Crippen LogP contribution in [0.2, 0.25) is 0 Å². The highest BCUT2D eigenvalue weighted by molar-refractivity contribution is 6.17. The molecule has 1 aliphatic rings. The van der Waals surface area contributed by atoms with E-state index in [2.05, 4.69) is 0 Å². The molecule has 0 unspecified atom stereocenters. The first kappa shape index (κ1) is 18.0. The summed E-state index contributed by atoms with van der Waals surface area (Å²) in [6, 6.07) is 0. The molecule has 0 spiro atoms. The van der Waals surface area contributed by atoms with Crippen LogP contribution in [-0.4, -0.2) is 53.8 Å². The van der Waals surface area contributed by atoms with Gasteiger partial charge in [-0.1, -0.05) is 0 Å². The summed E-state index contributed by atoms with van der Waals surface area (Å²) >= 11 is 5.68. The molecular weight excluding hydrogens is 301 g/mol. The van der Waals surface area contributed by atoms with Crippen molar-refractivity contribution in [1.82, 2.24) is 4.90 Å². The summed E-state index contributed by atoms with van der Waals surface area (Å²) in [5.41, 5.74) is -2.05. The van der Waals surface area contributed by atoms with Crippen LogP contribution < -0.4 is 0 Å². The number of likely N-dealkylation sites (tertiary alicyclic amines) is 1. The Hall–Kier alpha value is -1.04. The molecule has 1 fully saturated rings. The first-order valence-electron chi connectivity index (χ1n) is 6.95. The second-order valence-electron chi connectivity index (χ2n) is 6.21. The van der Waals surface area contributed by atoms with E-state index >= 15 is 0 Å². The Kier molecular flexibility index (Phi) is 5.84. The van der Waals surface area contributed by atoms with Gasteiger partial charge in [0.2, 0.25) is 0 Å². The minimum atomic E-state index is -1.33. The van der Waals surface area contributed by atoms with Gasteiger partial charge in [-0.3, -0.25) is 4.90 Å². The second-order valence-corrected chi connectivity index (χ2v) is 6.59. The number of hydrogen-bond donors (Lipinski definition) is 0. The summed E-state index contributed by atoms with van der Waals surface area (Å²) in [6.07, 6.45) is -1.35. The van der Waals surface area contributed by atoms with Gasteiger partial charge in [-0.05, 0) is 33.6 Å². The molecule has 0 aromatic carbocycles. The molecule has 2 atom stereocenters. The fraction of sp³-hybridized carbons (Fsp3) is 0.857. The quantitative estimate of drug-likeness (QED) is 0.589. The van der Waals surface area contributed by atoms with Crippen molar-refractivity contribution < 1.29 is 23.5 Å². The molecule has 1 saturated heterocycles. The molecule has 0 radical (unpaired) electrons. The molecule has 5 nitrogen and oxygen atoms in total. The molecule has 0 saturated carbocycles. The number of esters is 1. The van der Waals surface area contributed by atoms with E-state index in [9.17, 15) is 14.0 Å². The van der Waals surface area contributed by atoms with Crippen molar-refractivity contribution in [2.45, 2.75) is 57.3 Å². The lowest BCUT2D eigenvalue weighted by molar-refractivity contribution is -0.153. The third-order valence-electron chi connectivity index (χ3n) is 3.36. The Morgan fingerprint density at radius 3 is 2.52 bits per heavy atom. The van der Waals surface area contributed by atoms with Gasteiger partial charge in [-0.25, -0.2) is 14.0 Å². The van der Waals surface area contributed by atoms with E-state index in [0.29, 0.717) is 12.3 Å². The minimum Gasteiger partial charge on any atom is -0.467 e. The number of hydrogen-bond acceptors (Lipinski definition) is 4. The topological polar surface area (TPSA) is 55.8 Å². The van der Waals surface area contributed by atoms with E-state index in [4.69, 9.17) is 21.1 Å². The van der Waals surface area contributed by atoms with Gasteiger partial charge >= 0.3 is 12.1 Å². The summed E-state index contributed by atoms with van der Waals surface area (Å²) < 4.78 is 24.0. The van der Waals surface area contributed by atoms with E-state index in [-0.39, 0.29) is 19.4 Å². The zero-order chi connectivity index (χ0) is 16.3. The third kappa shape index (κ3) is 4.22. The molecule has 0 aliphatic carbocycles.